The van der Waals surface area contributed by atoms with Gasteiger partial charge in [-0.05, 0) is 23.6 Å². The summed E-state index contributed by atoms with van der Waals surface area (Å²) in [6.07, 6.45) is 0. The number of rotatable bonds is 3. The first-order chi connectivity index (χ1) is 9.59. The molecule has 1 aliphatic heterocycles. The first-order valence-corrected chi connectivity index (χ1v) is 6.69. The van der Waals surface area contributed by atoms with Gasteiger partial charge in [-0.3, -0.25) is 19.3 Å². The van der Waals surface area contributed by atoms with Crippen molar-refractivity contribution in [3.63, 3.8) is 0 Å². The number of fused-ring (bicyclic) bond motifs is 1. The monoisotopic (exact) mass is 289 g/mol. The minimum Gasteiger partial charge on any atom is -0.294 e. The van der Waals surface area contributed by atoms with Crippen molar-refractivity contribution in [1.82, 2.24) is 0 Å². The molecule has 20 heavy (non-hydrogen) atoms. The van der Waals surface area contributed by atoms with Gasteiger partial charge in [-0.15, -0.1) is 11.3 Å². The van der Waals surface area contributed by atoms with Crippen molar-refractivity contribution in [2.45, 2.75) is 0 Å². The second kappa shape index (κ2) is 4.64. The molecule has 1 amide bonds. The van der Waals surface area contributed by atoms with Gasteiger partial charge in [-0.1, -0.05) is 12.1 Å². The van der Waals surface area contributed by atoms with Crippen LogP contribution in [0.1, 0.15) is 20.0 Å². The number of halogens is 1. The summed E-state index contributed by atoms with van der Waals surface area (Å²) in [7, 11) is 0. The third kappa shape index (κ3) is 1.85. The Kier molecular flexibility index (Phi) is 2.94. The zero-order valence-electron chi connectivity index (χ0n) is 10.1. The van der Waals surface area contributed by atoms with Gasteiger partial charge in [-0.25, -0.2) is 4.39 Å². The van der Waals surface area contributed by atoms with Crippen LogP contribution in [0.15, 0.2) is 35.7 Å². The van der Waals surface area contributed by atoms with E-state index in [1.54, 1.807) is 17.5 Å². The molecular weight excluding hydrogens is 281 g/mol. The maximum absolute atomic E-state index is 13.8. The van der Waals surface area contributed by atoms with E-state index in [9.17, 15) is 18.8 Å². The Morgan fingerprint density at radius 1 is 1.20 bits per heavy atom. The van der Waals surface area contributed by atoms with Crippen molar-refractivity contribution in [3.05, 3.63) is 52.0 Å². The molecule has 0 fully saturated rings. The number of para-hydroxylation sites is 1. The molecule has 0 atom stereocenters. The highest BCUT2D eigenvalue weighted by atomic mass is 32.1. The predicted octanol–water partition coefficient (Wildman–Crippen LogP) is 2.30. The molecule has 0 aliphatic carbocycles. The van der Waals surface area contributed by atoms with Gasteiger partial charge in [0.25, 0.3) is 11.7 Å². The van der Waals surface area contributed by atoms with Gasteiger partial charge in [0.2, 0.25) is 0 Å². The number of ketones is 2. The number of hydrogen-bond acceptors (Lipinski definition) is 4. The van der Waals surface area contributed by atoms with Crippen molar-refractivity contribution in [2.75, 3.05) is 11.4 Å². The molecule has 2 aromatic rings. The van der Waals surface area contributed by atoms with E-state index in [4.69, 9.17) is 0 Å². The predicted molar refractivity (Wildman–Crippen MR) is 71.7 cm³/mol. The van der Waals surface area contributed by atoms with Gasteiger partial charge in [-0.2, -0.15) is 0 Å². The van der Waals surface area contributed by atoms with Crippen LogP contribution in [0.5, 0.6) is 0 Å². The molecular formula is C14H8FNO3S. The normalized spacial score (nSPS) is 13.8. The van der Waals surface area contributed by atoms with Crippen molar-refractivity contribution < 1.29 is 18.8 Å². The standard InChI is InChI=1S/C14H8FNO3S/c15-9-4-1-3-8-12(9)16(14(19)13(8)18)7-10(17)11-5-2-6-20-11/h1-6H,7H2. The Balaban J connectivity index is 1.97. The molecule has 4 nitrogen and oxygen atoms in total. The molecule has 0 bridgehead atoms. The molecule has 2 heterocycles. The molecule has 6 heteroatoms. The van der Waals surface area contributed by atoms with Crippen molar-refractivity contribution in [3.8, 4) is 0 Å². The second-order valence-corrected chi connectivity index (χ2v) is 5.20. The minimum atomic E-state index is -0.866. The number of thiophene rings is 1. The topological polar surface area (TPSA) is 54.5 Å². The van der Waals surface area contributed by atoms with Gasteiger partial charge in [0.1, 0.15) is 5.82 Å². The summed E-state index contributed by atoms with van der Waals surface area (Å²) < 4.78 is 13.8. The fraction of sp³-hybridized carbons (Fsp3) is 0.0714. The van der Waals surface area contributed by atoms with Crippen molar-refractivity contribution in [1.29, 1.82) is 0 Å². The number of nitrogens with zero attached hydrogens (tertiary/aromatic N) is 1. The van der Waals surface area contributed by atoms with Gasteiger partial charge in [0.05, 0.1) is 22.7 Å². The van der Waals surface area contributed by atoms with E-state index in [2.05, 4.69) is 0 Å². The SMILES string of the molecule is O=C(CN1C(=O)C(=O)c2cccc(F)c21)c1cccs1. The van der Waals surface area contributed by atoms with Crippen LogP contribution in [-0.4, -0.2) is 24.0 Å². The van der Waals surface area contributed by atoms with Crippen molar-refractivity contribution in [2.24, 2.45) is 0 Å². The molecule has 3 rings (SSSR count). The van der Waals surface area contributed by atoms with Gasteiger partial charge < -0.3 is 0 Å². The molecule has 0 saturated carbocycles. The first-order valence-electron chi connectivity index (χ1n) is 5.81. The zero-order valence-corrected chi connectivity index (χ0v) is 10.9. The fourth-order valence-electron chi connectivity index (χ4n) is 2.12. The number of hydrogen-bond donors (Lipinski definition) is 0. The van der Waals surface area contributed by atoms with E-state index in [0.29, 0.717) is 4.88 Å². The molecule has 0 saturated heterocycles. The Morgan fingerprint density at radius 3 is 2.70 bits per heavy atom. The number of amides is 1. The summed E-state index contributed by atoms with van der Waals surface area (Å²) in [4.78, 5) is 37.0. The van der Waals surface area contributed by atoms with E-state index >= 15 is 0 Å². The second-order valence-electron chi connectivity index (χ2n) is 4.26. The van der Waals surface area contributed by atoms with Crippen LogP contribution in [0, 0.1) is 5.82 Å². The smallest absolute Gasteiger partial charge is 0.294 e. The van der Waals surface area contributed by atoms with Crippen LogP contribution < -0.4 is 4.90 Å². The van der Waals surface area contributed by atoms with E-state index < -0.39 is 17.5 Å². The average molecular weight is 289 g/mol. The largest absolute Gasteiger partial charge is 0.299 e. The first kappa shape index (κ1) is 12.7. The van der Waals surface area contributed by atoms with Crippen molar-refractivity contribution >= 4 is 34.5 Å². The summed E-state index contributed by atoms with van der Waals surface area (Å²) >= 11 is 1.24. The van der Waals surface area contributed by atoms with E-state index in [1.807, 2.05) is 0 Å². The van der Waals surface area contributed by atoms with Crippen LogP contribution in [-0.2, 0) is 4.79 Å². The number of carbonyl (C=O) groups excluding carboxylic acids is 3. The lowest BCUT2D eigenvalue weighted by atomic mass is 10.1. The van der Waals surface area contributed by atoms with Crippen LogP contribution >= 0.6 is 11.3 Å². The maximum atomic E-state index is 13.8. The lowest BCUT2D eigenvalue weighted by molar-refractivity contribution is -0.114. The molecule has 100 valence electrons. The number of benzene rings is 1. The molecule has 0 spiro atoms. The quantitative estimate of drug-likeness (QED) is 0.643. The summed E-state index contributed by atoms with van der Waals surface area (Å²) in [6.45, 7) is -0.334. The highest BCUT2D eigenvalue weighted by molar-refractivity contribution is 7.12. The Morgan fingerprint density at radius 2 is 2.00 bits per heavy atom. The van der Waals surface area contributed by atoms with E-state index in [0.717, 1.165) is 11.0 Å². The Hall–Kier alpha value is -2.34. The minimum absolute atomic E-state index is 0.00831. The third-order valence-electron chi connectivity index (χ3n) is 3.04. The summed E-state index contributed by atoms with van der Waals surface area (Å²) in [5, 5.41) is 1.73. The lowest BCUT2D eigenvalue weighted by Gasteiger charge is -2.15. The van der Waals surface area contributed by atoms with Crippen LogP contribution in [0.2, 0.25) is 0 Å². The molecule has 0 N–H and O–H groups in total. The molecule has 1 aromatic carbocycles. The lowest BCUT2D eigenvalue weighted by Crippen LogP contribution is -2.34. The van der Waals surface area contributed by atoms with Gasteiger partial charge >= 0.3 is 0 Å². The van der Waals surface area contributed by atoms with Crippen LogP contribution in [0.25, 0.3) is 0 Å². The molecule has 1 aliphatic rings. The fourth-order valence-corrected chi connectivity index (χ4v) is 2.78. The number of anilines is 1. The Bertz CT molecular complexity index is 724. The zero-order chi connectivity index (χ0) is 14.3. The highest BCUT2D eigenvalue weighted by Gasteiger charge is 2.38. The summed E-state index contributed by atoms with van der Waals surface area (Å²) in [5.74, 6) is -2.65. The third-order valence-corrected chi connectivity index (χ3v) is 3.95. The average Bonchev–Trinajstić information content (AvgIpc) is 3.03. The van der Waals surface area contributed by atoms with Crippen LogP contribution in [0.4, 0.5) is 10.1 Å². The summed E-state index contributed by atoms with van der Waals surface area (Å²) in [5.41, 5.74) is -0.0959. The molecule has 0 unspecified atom stereocenters. The highest BCUT2D eigenvalue weighted by Crippen LogP contribution is 2.31. The van der Waals surface area contributed by atoms with E-state index in [-0.39, 0.29) is 23.6 Å². The van der Waals surface area contributed by atoms with Crippen LogP contribution in [0.3, 0.4) is 0 Å². The Labute approximate surface area is 117 Å². The van der Waals surface area contributed by atoms with Gasteiger partial charge in [0.15, 0.2) is 5.78 Å². The van der Waals surface area contributed by atoms with E-state index in [1.165, 1.54) is 23.5 Å². The number of Topliss-reactive ketones (excluding diaryl/α,β-unsaturated/α-hetero) is 2. The van der Waals surface area contributed by atoms with Gasteiger partial charge in [0, 0.05) is 0 Å². The molecule has 1 aromatic heterocycles. The number of carbonyl (C=O) groups is 3. The molecule has 0 radical (unpaired) electrons. The summed E-state index contributed by atoms with van der Waals surface area (Å²) in [6, 6.07) is 7.24. The maximum Gasteiger partial charge on any atom is 0.299 e.